The maximum atomic E-state index is 14.5. The molecule has 22 N–H and O–H groups in total. The van der Waals surface area contributed by atoms with Crippen molar-refractivity contribution in [3.63, 3.8) is 0 Å². The summed E-state index contributed by atoms with van der Waals surface area (Å²) in [5.41, 5.74) is 33.9. The molecule has 27 heteroatoms. The highest BCUT2D eigenvalue weighted by Crippen LogP contribution is 2.16. The van der Waals surface area contributed by atoms with Crippen molar-refractivity contribution in [2.45, 2.75) is 233 Å². The Labute approximate surface area is 492 Å². The third-order valence-electron chi connectivity index (χ3n) is 13.8. The van der Waals surface area contributed by atoms with Crippen molar-refractivity contribution in [3.05, 3.63) is 0 Å². The monoisotopic (exact) mass is 1180 g/mol. The van der Waals surface area contributed by atoms with Gasteiger partial charge in [-0.2, -0.15) is 0 Å². The standard InChI is InChI=1S/C56H108N16O11/c1-12-35(10)45(54(82)68-39(19-14-16-26-58)51(79)72-46(36(11)73)55(83)70-43(29-34(8)9)52(80)65-37(47(60)75)23-21-31(2)3)71-50(78)40(20-17-27-63-56(61)62)66-48(76)38(18-13-15-25-57)67-53(81)42(28-33(6)7)69-49(77)41(24-22-32(4)5)64-44(74)30-59/h31-43,45-46,73H,12-30,57-59H2,1-11H3,(H2,60,75)(H,64,74)(H,65,80)(H,66,76)(H,67,81)(H,68,82)(H,69,77)(H,70,83)(H,71,78)(H,72,79)(H4,61,62,63)/t35-,36+,37-,38-,39-,40-,41-,42-,43-,45-,46-/m0/s1. The van der Waals surface area contributed by atoms with Gasteiger partial charge in [0, 0.05) is 6.54 Å². The number of unbranched alkanes of at least 4 members (excludes halogenated alkanes) is 2. The molecule has 478 valence electrons. The van der Waals surface area contributed by atoms with Gasteiger partial charge in [0.15, 0.2) is 5.96 Å². The fraction of sp³-hybridized carbons (Fsp3) is 0.804. The molecule has 0 aliphatic rings. The van der Waals surface area contributed by atoms with Gasteiger partial charge in [-0.3, -0.25) is 52.9 Å². The Hall–Kier alpha value is -6.19. The number of aliphatic hydroxyl groups is 1. The Morgan fingerprint density at radius 3 is 1.13 bits per heavy atom. The number of carbonyl (C=O) groups is 10. The topological polar surface area (TPSA) is 468 Å². The lowest BCUT2D eigenvalue weighted by atomic mass is 9.96. The van der Waals surface area contributed by atoms with Crippen LogP contribution in [0.1, 0.15) is 172 Å². The van der Waals surface area contributed by atoms with Gasteiger partial charge in [0.2, 0.25) is 59.1 Å². The number of nitrogens with two attached hydrogens (primary N) is 6. The smallest absolute Gasteiger partial charge is 0.245 e. The lowest BCUT2D eigenvalue weighted by Crippen LogP contribution is -2.62. The molecular formula is C56H108N16O11. The van der Waals surface area contributed by atoms with Crippen LogP contribution in [0.25, 0.3) is 0 Å². The van der Waals surface area contributed by atoms with Crippen LogP contribution in [0.5, 0.6) is 0 Å². The lowest BCUT2D eigenvalue weighted by molar-refractivity contribution is -0.137. The van der Waals surface area contributed by atoms with Crippen molar-refractivity contribution < 1.29 is 53.1 Å². The molecule has 0 fully saturated rings. The minimum atomic E-state index is -1.63. The van der Waals surface area contributed by atoms with Gasteiger partial charge >= 0.3 is 0 Å². The Morgan fingerprint density at radius 1 is 0.398 bits per heavy atom. The number of carbonyl (C=O) groups excluding carboxylic acids is 10. The maximum Gasteiger partial charge on any atom is 0.245 e. The summed E-state index contributed by atoms with van der Waals surface area (Å²) in [5, 5.41) is 35.1. The van der Waals surface area contributed by atoms with E-state index in [1.54, 1.807) is 13.8 Å². The predicted molar refractivity (Wildman–Crippen MR) is 320 cm³/mol. The van der Waals surface area contributed by atoms with E-state index in [1.165, 1.54) is 6.92 Å². The van der Waals surface area contributed by atoms with Crippen LogP contribution in [0.3, 0.4) is 0 Å². The highest BCUT2D eigenvalue weighted by molar-refractivity contribution is 5.98. The average Bonchev–Trinajstić information content (AvgIpc) is 3.43. The minimum Gasteiger partial charge on any atom is -0.391 e. The van der Waals surface area contributed by atoms with E-state index in [4.69, 9.17) is 34.4 Å². The van der Waals surface area contributed by atoms with Gasteiger partial charge in [-0.25, -0.2) is 0 Å². The average molecular weight is 1180 g/mol. The summed E-state index contributed by atoms with van der Waals surface area (Å²) in [6.45, 7) is 20.1. The second kappa shape index (κ2) is 41.7. The van der Waals surface area contributed by atoms with E-state index in [0.29, 0.717) is 44.9 Å². The van der Waals surface area contributed by atoms with E-state index in [9.17, 15) is 53.1 Å². The van der Waals surface area contributed by atoms with Gasteiger partial charge in [0.25, 0.3) is 0 Å². The van der Waals surface area contributed by atoms with Gasteiger partial charge in [-0.05, 0) is 139 Å². The molecule has 0 radical (unpaired) electrons. The van der Waals surface area contributed by atoms with Crippen molar-refractivity contribution in [1.29, 1.82) is 0 Å². The normalized spacial score (nSPS) is 15.4. The van der Waals surface area contributed by atoms with Crippen LogP contribution >= 0.6 is 0 Å². The first kappa shape index (κ1) is 76.8. The van der Waals surface area contributed by atoms with E-state index < -0.39 is 125 Å². The molecule has 0 aliphatic heterocycles. The molecule has 0 heterocycles. The number of aliphatic imine (C=N–C) groups is 1. The summed E-state index contributed by atoms with van der Waals surface area (Å²) in [6.07, 6.45) is 2.68. The number of hydrogen-bond donors (Lipinski definition) is 16. The van der Waals surface area contributed by atoms with Crippen molar-refractivity contribution >= 4 is 65.0 Å². The Bertz CT molecular complexity index is 2060. The van der Waals surface area contributed by atoms with Crippen molar-refractivity contribution in [2.24, 2.45) is 69.0 Å². The van der Waals surface area contributed by atoms with Crippen LogP contribution < -0.4 is 82.3 Å². The quantitative estimate of drug-likeness (QED) is 0.0187. The molecule has 27 nitrogen and oxygen atoms in total. The Balaban J connectivity index is 7.03. The Kier molecular flexibility index (Phi) is 38.6. The minimum absolute atomic E-state index is 0.0133. The number of nitrogens with one attached hydrogen (secondary N) is 9. The molecular weight excluding hydrogens is 1070 g/mol. The summed E-state index contributed by atoms with van der Waals surface area (Å²) in [4.78, 5) is 142. The second-order valence-electron chi connectivity index (χ2n) is 23.4. The van der Waals surface area contributed by atoms with E-state index in [0.717, 1.165) is 0 Å². The van der Waals surface area contributed by atoms with Gasteiger partial charge in [-0.1, -0.05) is 75.7 Å². The van der Waals surface area contributed by atoms with Gasteiger partial charge in [0.1, 0.15) is 54.4 Å². The zero-order chi connectivity index (χ0) is 63.5. The summed E-state index contributed by atoms with van der Waals surface area (Å²) >= 11 is 0. The summed E-state index contributed by atoms with van der Waals surface area (Å²) < 4.78 is 0. The zero-order valence-electron chi connectivity index (χ0n) is 51.5. The van der Waals surface area contributed by atoms with Crippen LogP contribution in [-0.2, 0) is 47.9 Å². The van der Waals surface area contributed by atoms with Crippen molar-refractivity contribution in [3.8, 4) is 0 Å². The van der Waals surface area contributed by atoms with E-state index in [1.807, 2.05) is 55.4 Å². The summed E-state index contributed by atoms with van der Waals surface area (Å²) in [5.74, 6) is -8.03. The molecule has 0 aliphatic carbocycles. The maximum absolute atomic E-state index is 14.5. The first-order chi connectivity index (χ1) is 38.9. The molecule has 0 aromatic carbocycles. The lowest BCUT2D eigenvalue weighted by Gasteiger charge is -2.30. The molecule has 0 aromatic heterocycles. The first-order valence-corrected chi connectivity index (χ1v) is 29.8. The van der Waals surface area contributed by atoms with E-state index in [-0.39, 0.29) is 107 Å². The molecule has 83 heavy (non-hydrogen) atoms. The number of guanidine groups is 1. The fourth-order valence-corrected chi connectivity index (χ4v) is 8.74. The van der Waals surface area contributed by atoms with Crippen molar-refractivity contribution in [1.82, 2.24) is 47.9 Å². The molecule has 0 spiro atoms. The van der Waals surface area contributed by atoms with Crippen LogP contribution in [0.4, 0.5) is 0 Å². The highest BCUT2D eigenvalue weighted by atomic mass is 16.3. The molecule has 0 saturated heterocycles. The molecule has 0 saturated carbocycles. The molecule has 10 amide bonds. The van der Waals surface area contributed by atoms with E-state index in [2.05, 4.69) is 52.8 Å². The fourth-order valence-electron chi connectivity index (χ4n) is 8.74. The number of amides is 10. The van der Waals surface area contributed by atoms with Gasteiger partial charge < -0.3 is 87.4 Å². The van der Waals surface area contributed by atoms with Crippen LogP contribution in [0.2, 0.25) is 0 Å². The molecule has 0 rings (SSSR count). The predicted octanol–water partition coefficient (Wildman–Crippen LogP) is -1.50. The molecule has 0 unspecified atom stereocenters. The number of primary amides is 1. The van der Waals surface area contributed by atoms with Crippen LogP contribution in [0, 0.1) is 29.6 Å². The van der Waals surface area contributed by atoms with Gasteiger partial charge in [0.05, 0.1) is 12.6 Å². The second-order valence-corrected chi connectivity index (χ2v) is 23.4. The number of nitrogens with zero attached hydrogens (tertiary/aromatic N) is 1. The first-order valence-electron chi connectivity index (χ1n) is 29.8. The highest BCUT2D eigenvalue weighted by Gasteiger charge is 2.37. The van der Waals surface area contributed by atoms with Crippen LogP contribution in [0.15, 0.2) is 4.99 Å². The number of aliphatic hydroxyl groups excluding tert-OH is 1. The van der Waals surface area contributed by atoms with Crippen LogP contribution in [-0.4, -0.2) is 157 Å². The van der Waals surface area contributed by atoms with Gasteiger partial charge in [-0.15, -0.1) is 0 Å². The number of rotatable bonds is 44. The molecule has 0 bridgehead atoms. The summed E-state index contributed by atoms with van der Waals surface area (Å²) in [7, 11) is 0. The Morgan fingerprint density at radius 2 is 0.747 bits per heavy atom. The largest absolute Gasteiger partial charge is 0.391 e. The molecule has 0 aromatic rings. The zero-order valence-corrected chi connectivity index (χ0v) is 51.5. The number of hydrogen-bond acceptors (Lipinski definition) is 15. The SMILES string of the molecule is CC[C@H](C)[C@H](NC(=O)[C@H](CCCN=C(N)N)NC(=O)[C@H](CCCCN)NC(=O)[C@H](CC(C)C)NC(=O)[C@H](CCC(C)C)NC(=O)CN)C(=O)N[C@@H](CCCCN)C(=O)N[C@H](C(=O)N[C@@H](CC(C)C)C(=O)N[C@@H](CCC(C)C)C(N)=O)[C@@H](C)O. The third kappa shape index (κ3) is 32.5. The summed E-state index contributed by atoms with van der Waals surface area (Å²) in [6, 6.07) is -11.2. The molecule has 11 atom stereocenters. The third-order valence-corrected chi connectivity index (χ3v) is 13.8. The van der Waals surface area contributed by atoms with Crippen molar-refractivity contribution in [2.75, 3.05) is 26.2 Å². The van der Waals surface area contributed by atoms with E-state index >= 15 is 0 Å².